The van der Waals surface area contributed by atoms with Gasteiger partial charge >= 0.3 is 5.97 Å². The van der Waals surface area contributed by atoms with Gasteiger partial charge in [0.1, 0.15) is 17.1 Å². The van der Waals surface area contributed by atoms with E-state index in [4.69, 9.17) is 4.74 Å². The van der Waals surface area contributed by atoms with E-state index >= 15 is 0 Å². The Morgan fingerprint density at radius 3 is 2.40 bits per heavy atom. The van der Waals surface area contributed by atoms with Crippen molar-refractivity contribution in [2.45, 2.75) is 27.7 Å². The smallest absolute Gasteiger partial charge is 0.341 e. The number of ether oxygens (including phenoxy) is 1. The van der Waals surface area contributed by atoms with E-state index in [1.54, 1.807) is 13.0 Å². The SMILES string of the molecule is Cc1cc(Oc2ccc(C)c(C)c2)c(C(=O)O)c(C)n1. The summed E-state index contributed by atoms with van der Waals surface area (Å²) in [6, 6.07) is 7.32. The summed E-state index contributed by atoms with van der Waals surface area (Å²) in [6.07, 6.45) is 0. The summed E-state index contributed by atoms with van der Waals surface area (Å²) in [5.41, 5.74) is 3.55. The van der Waals surface area contributed by atoms with Crippen molar-refractivity contribution >= 4 is 5.97 Å². The van der Waals surface area contributed by atoms with Gasteiger partial charge in [0.15, 0.2) is 0 Å². The Balaban J connectivity index is 2.47. The van der Waals surface area contributed by atoms with Gasteiger partial charge in [-0.25, -0.2) is 4.79 Å². The van der Waals surface area contributed by atoms with E-state index in [9.17, 15) is 9.90 Å². The van der Waals surface area contributed by atoms with Gasteiger partial charge in [0, 0.05) is 11.8 Å². The number of rotatable bonds is 3. The molecule has 20 heavy (non-hydrogen) atoms. The molecule has 0 bridgehead atoms. The predicted octanol–water partition coefficient (Wildman–Crippen LogP) is 3.81. The van der Waals surface area contributed by atoms with E-state index in [-0.39, 0.29) is 5.56 Å². The van der Waals surface area contributed by atoms with Crippen molar-refractivity contribution in [2.75, 3.05) is 0 Å². The zero-order valence-corrected chi connectivity index (χ0v) is 12.0. The van der Waals surface area contributed by atoms with Gasteiger partial charge in [-0.2, -0.15) is 0 Å². The van der Waals surface area contributed by atoms with Gasteiger partial charge in [0.05, 0.1) is 5.69 Å². The first-order valence-electron chi connectivity index (χ1n) is 6.35. The highest BCUT2D eigenvalue weighted by Gasteiger charge is 2.17. The van der Waals surface area contributed by atoms with Crippen molar-refractivity contribution in [3.05, 3.63) is 52.3 Å². The van der Waals surface area contributed by atoms with Crippen LogP contribution in [0.3, 0.4) is 0 Å². The quantitative estimate of drug-likeness (QED) is 0.922. The molecule has 0 fully saturated rings. The second-order valence-electron chi connectivity index (χ2n) is 4.88. The number of carbonyl (C=O) groups is 1. The molecular formula is C16H17NO3. The standard InChI is InChI=1S/C16H17NO3/c1-9-5-6-13(7-10(9)2)20-14-8-11(3)17-12(4)15(14)16(18)19/h5-8H,1-4H3,(H,18,19). The van der Waals surface area contributed by atoms with Crippen LogP contribution in [-0.4, -0.2) is 16.1 Å². The molecule has 1 aromatic carbocycles. The Kier molecular flexibility index (Phi) is 3.74. The second kappa shape index (κ2) is 5.33. The number of aromatic nitrogens is 1. The van der Waals surface area contributed by atoms with Crippen LogP contribution in [-0.2, 0) is 0 Å². The van der Waals surface area contributed by atoms with Gasteiger partial charge in [-0.05, 0) is 51.0 Å². The number of aromatic carboxylic acids is 1. The molecule has 0 unspecified atom stereocenters. The molecule has 1 heterocycles. The molecule has 0 spiro atoms. The minimum atomic E-state index is -1.03. The monoisotopic (exact) mass is 271 g/mol. The maximum atomic E-state index is 11.3. The van der Waals surface area contributed by atoms with Crippen LogP contribution in [0.4, 0.5) is 0 Å². The van der Waals surface area contributed by atoms with Crippen LogP contribution in [0, 0.1) is 27.7 Å². The zero-order valence-electron chi connectivity index (χ0n) is 12.0. The molecule has 0 amide bonds. The van der Waals surface area contributed by atoms with Gasteiger partial charge in [0.2, 0.25) is 0 Å². The number of pyridine rings is 1. The lowest BCUT2D eigenvalue weighted by Crippen LogP contribution is -2.06. The lowest BCUT2D eigenvalue weighted by molar-refractivity contribution is 0.0693. The summed E-state index contributed by atoms with van der Waals surface area (Å²) in [7, 11) is 0. The average molecular weight is 271 g/mol. The Labute approximate surface area is 118 Å². The van der Waals surface area contributed by atoms with Crippen molar-refractivity contribution in [3.63, 3.8) is 0 Å². The van der Waals surface area contributed by atoms with Crippen molar-refractivity contribution in [1.82, 2.24) is 4.98 Å². The topological polar surface area (TPSA) is 59.4 Å². The van der Waals surface area contributed by atoms with Gasteiger partial charge in [-0.3, -0.25) is 4.98 Å². The molecule has 4 heteroatoms. The number of carboxylic acids is 1. The van der Waals surface area contributed by atoms with Gasteiger partial charge in [0.25, 0.3) is 0 Å². The van der Waals surface area contributed by atoms with Crippen molar-refractivity contribution in [1.29, 1.82) is 0 Å². The molecule has 0 aliphatic carbocycles. The molecule has 0 saturated carbocycles. The molecule has 2 aromatic rings. The first kappa shape index (κ1) is 14.1. The fourth-order valence-electron chi connectivity index (χ4n) is 2.04. The first-order chi connectivity index (χ1) is 9.38. The number of carboxylic acid groups (broad SMARTS) is 1. The molecule has 4 nitrogen and oxygen atoms in total. The van der Waals surface area contributed by atoms with E-state index in [2.05, 4.69) is 4.98 Å². The molecule has 2 rings (SSSR count). The second-order valence-corrected chi connectivity index (χ2v) is 4.88. The van der Waals surface area contributed by atoms with Crippen LogP contribution in [0.1, 0.15) is 32.9 Å². The van der Waals surface area contributed by atoms with E-state index in [0.717, 1.165) is 16.8 Å². The zero-order chi connectivity index (χ0) is 14.9. The Bertz CT molecular complexity index is 678. The number of benzene rings is 1. The largest absolute Gasteiger partial charge is 0.477 e. The molecule has 0 radical (unpaired) electrons. The highest BCUT2D eigenvalue weighted by atomic mass is 16.5. The summed E-state index contributed by atoms with van der Waals surface area (Å²) < 4.78 is 5.75. The summed E-state index contributed by atoms with van der Waals surface area (Å²) >= 11 is 0. The Hall–Kier alpha value is -2.36. The van der Waals surface area contributed by atoms with Crippen molar-refractivity contribution < 1.29 is 14.6 Å². The summed E-state index contributed by atoms with van der Waals surface area (Å²) in [6.45, 7) is 7.49. The lowest BCUT2D eigenvalue weighted by Gasteiger charge is -2.12. The predicted molar refractivity (Wildman–Crippen MR) is 76.7 cm³/mol. The third-order valence-electron chi connectivity index (χ3n) is 3.21. The van der Waals surface area contributed by atoms with E-state index < -0.39 is 5.97 Å². The molecule has 0 saturated heterocycles. The first-order valence-corrected chi connectivity index (χ1v) is 6.35. The third-order valence-corrected chi connectivity index (χ3v) is 3.21. The third kappa shape index (κ3) is 2.79. The van der Waals surface area contributed by atoms with Crippen LogP contribution in [0.25, 0.3) is 0 Å². The van der Waals surface area contributed by atoms with Crippen molar-refractivity contribution in [2.24, 2.45) is 0 Å². The minimum absolute atomic E-state index is 0.105. The fraction of sp³-hybridized carbons (Fsp3) is 0.250. The molecular weight excluding hydrogens is 254 g/mol. The highest BCUT2D eigenvalue weighted by molar-refractivity contribution is 5.92. The number of hydrogen-bond acceptors (Lipinski definition) is 3. The maximum absolute atomic E-state index is 11.3. The fourth-order valence-corrected chi connectivity index (χ4v) is 2.04. The molecule has 104 valence electrons. The minimum Gasteiger partial charge on any atom is -0.477 e. The van der Waals surface area contributed by atoms with E-state index in [1.165, 1.54) is 0 Å². The molecule has 0 aliphatic rings. The van der Waals surface area contributed by atoms with Gasteiger partial charge < -0.3 is 9.84 Å². The van der Waals surface area contributed by atoms with Crippen LogP contribution in [0.5, 0.6) is 11.5 Å². The van der Waals surface area contributed by atoms with Gasteiger partial charge in [-0.1, -0.05) is 6.07 Å². The van der Waals surface area contributed by atoms with Crippen LogP contribution in [0.15, 0.2) is 24.3 Å². The number of hydrogen-bond donors (Lipinski definition) is 1. The Morgan fingerprint density at radius 2 is 1.80 bits per heavy atom. The maximum Gasteiger partial charge on any atom is 0.341 e. The molecule has 1 aromatic heterocycles. The van der Waals surface area contributed by atoms with Crippen LogP contribution < -0.4 is 4.74 Å². The summed E-state index contributed by atoms with van der Waals surface area (Å²) in [5.74, 6) is -0.0832. The van der Waals surface area contributed by atoms with Crippen molar-refractivity contribution in [3.8, 4) is 11.5 Å². The molecule has 0 aliphatic heterocycles. The van der Waals surface area contributed by atoms with Crippen LogP contribution in [0.2, 0.25) is 0 Å². The Morgan fingerprint density at radius 1 is 1.10 bits per heavy atom. The summed E-state index contributed by atoms with van der Waals surface area (Å²) in [4.78, 5) is 15.5. The number of nitrogens with zero attached hydrogens (tertiary/aromatic N) is 1. The molecule has 0 atom stereocenters. The van der Waals surface area contributed by atoms with Crippen LogP contribution >= 0.6 is 0 Å². The molecule has 1 N–H and O–H groups in total. The summed E-state index contributed by atoms with van der Waals surface area (Å²) in [5, 5.41) is 9.29. The van der Waals surface area contributed by atoms with Gasteiger partial charge in [-0.15, -0.1) is 0 Å². The lowest BCUT2D eigenvalue weighted by atomic mass is 10.1. The highest BCUT2D eigenvalue weighted by Crippen LogP contribution is 2.29. The van der Waals surface area contributed by atoms with E-state index in [0.29, 0.717) is 17.2 Å². The normalized spacial score (nSPS) is 10.4. The average Bonchev–Trinajstić information content (AvgIpc) is 2.32. The number of aryl methyl sites for hydroxylation is 4. The van der Waals surface area contributed by atoms with E-state index in [1.807, 2.05) is 39.0 Å².